The summed E-state index contributed by atoms with van der Waals surface area (Å²) in [5, 5.41) is 3.44. The van der Waals surface area contributed by atoms with Gasteiger partial charge in [-0.15, -0.1) is 0 Å². The van der Waals surface area contributed by atoms with Crippen molar-refractivity contribution in [1.29, 1.82) is 0 Å². The van der Waals surface area contributed by atoms with Crippen LogP contribution in [0.2, 0.25) is 0 Å². The first-order chi connectivity index (χ1) is 11.1. The number of fused-ring (bicyclic) bond motifs is 2. The fourth-order valence-electron chi connectivity index (χ4n) is 2.70. The van der Waals surface area contributed by atoms with Gasteiger partial charge in [0.05, 0.1) is 15.8 Å². The van der Waals surface area contributed by atoms with Gasteiger partial charge < -0.3 is 9.47 Å². The fraction of sp³-hybridized carbons (Fsp3) is 0.176. The molecule has 1 aliphatic rings. The number of nitrogens with one attached hydrogen (secondary N) is 1. The van der Waals surface area contributed by atoms with Crippen LogP contribution in [0, 0.1) is 13.8 Å². The van der Waals surface area contributed by atoms with Crippen LogP contribution in [0.15, 0.2) is 30.3 Å². The largest absolute Gasteiger partial charge is 0.454 e. The van der Waals surface area contributed by atoms with Crippen molar-refractivity contribution in [2.24, 2.45) is 0 Å². The lowest BCUT2D eigenvalue weighted by molar-refractivity contribution is 0.102. The Bertz CT molecular complexity index is 933. The molecule has 0 saturated heterocycles. The predicted molar refractivity (Wildman–Crippen MR) is 89.6 cm³/mol. The minimum Gasteiger partial charge on any atom is -0.454 e. The van der Waals surface area contributed by atoms with Crippen LogP contribution in [0.25, 0.3) is 10.2 Å². The zero-order valence-corrected chi connectivity index (χ0v) is 13.5. The van der Waals surface area contributed by atoms with E-state index in [-0.39, 0.29) is 12.7 Å². The van der Waals surface area contributed by atoms with Crippen molar-refractivity contribution in [1.82, 2.24) is 4.98 Å². The second-order valence-electron chi connectivity index (χ2n) is 5.44. The minimum atomic E-state index is -0.249. The van der Waals surface area contributed by atoms with Crippen LogP contribution in [0.4, 0.5) is 5.13 Å². The molecular formula is C17H14N2O3S. The number of para-hydroxylation sites is 1. The van der Waals surface area contributed by atoms with Gasteiger partial charge >= 0.3 is 0 Å². The van der Waals surface area contributed by atoms with E-state index in [4.69, 9.17) is 9.47 Å². The van der Waals surface area contributed by atoms with Gasteiger partial charge in [-0.3, -0.25) is 10.1 Å². The van der Waals surface area contributed by atoms with E-state index in [0.717, 1.165) is 15.8 Å². The number of anilines is 1. The van der Waals surface area contributed by atoms with Gasteiger partial charge in [-0.05, 0) is 43.2 Å². The third kappa shape index (κ3) is 2.41. The summed E-state index contributed by atoms with van der Waals surface area (Å²) in [6.45, 7) is 4.21. The summed E-state index contributed by atoms with van der Waals surface area (Å²) in [4.78, 5) is 17.0. The summed E-state index contributed by atoms with van der Waals surface area (Å²) >= 11 is 1.47. The number of carbonyl (C=O) groups excluding carboxylic acids is 1. The van der Waals surface area contributed by atoms with E-state index in [9.17, 15) is 4.79 Å². The smallest absolute Gasteiger partial charge is 0.261 e. The highest BCUT2D eigenvalue weighted by Crippen LogP contribution is 2.36. The van der Waals surface area contributed by atoms with Crippen LogP contribution >= 0.6 is 11.3 Å². The fourth-order valence-corrected chi connectivity index (χ4v) is 3.73. The topological polar surface area (TPSA) is 60.5 Å². The van der Waals surface area contributed by atoms with Crippen LogP contribution in [-0.2, 0) is 0 Å². The second kappa shape index (κ2) is 5.24. The quantitative estimate of drug-likeness (QED) is 0.776. The summed E-state index contributed by atoms with van der Waals surface area (Å²) in [5.41, 5.74) is 3.66. The number of ether oxygens (including phenoxy) is 2. The molecule has 6 heteroatoms. The van der Waals surface area contributed by atoms with Crippen LogP contribution in [-0.4, -0.2) is 17.7 Å². The molecule has 0 radical (unpaired) electrons. The monoisotopic (exact) mass is 326 g/mol. The van der Waals surface area contributed by atoms with Gasteiger partial charge in [-0.25, -0.2) is 4.98 Å². The highest BCUT2D eigenvalue weighted by Gasteiger charge is 2.22. The van der Waals surface area contributed by atoms with Crippen molar-refractivity contribution in [2.75, 3.05) is 12.1 Å². The molecule has 5 nitrogen and oxygen atoms in total. The van der Waals surface area contributed by atoms with Crippen LogP contribution < -0.4 is 14.8 Å². The lowest BCUT2D eigenvalue weighted by Gasteiger charge is -2.04. The lowest BCUT2D eigenvalue weighted by atomic mass is 10.1. The second-order valence-corrected chi connectivity index (χ2v) is 6.47. The zero-order chi connectivity index (χ0) is 16.0. The third-order valence-corrected chi connectivity index (χ3v) is 4.61. The van der Waals surface area contributed by atoms with Gasteiger partial charge in [-0.1, -0.05) is 23.5 Å². The normalized spacial score (nSPS) is 12.6. The van der Waals surface area contributed by atoms with Crippen molar-refractivity contribution < 1.29 is 14.3 Å². The molecule has 1 aliphatic heterocycles. The first-order valence-electron chi connectivity index (χ1n) is 7.19. The molecular weight excluding hydrogens is 312 g/mol. The predicted octanol–water partition coefficient (Wildman–Crippen LogP) is 3.89. The molecule has 1 N–H and O–H groups in total. The van der Waals surface area contributed by atoms with Gasteiger partial charge in [-0.2, -0.15) is 0 Å². The van der Waals surface area contributed by atoms with Crippen molar-refractivity contribution in [3.05, 3.63) is 47.0 Å². The van der Waals surface area contributed by atoms with Crippen LogP contribution in [0.5, 0.6) is 11.5 Å². The van der Waals surface area contributed by atoms with E-state index in [1.165, 1.54) is 16.9 Å². The Labute approximate surface area is 136 Å². The Balaban J connectivity index is 1.67. The van der Waals surface area contributed by atoms with Gasteiger partial charge in [0.2, 0.25) is 6.79 Å². The Morgan fingerprint density at radius 1 is 1.26 bits per heavy atom. The molecule has 3 aromatic rings. The average molecular weight is 326 g/mol. The first-order valence-corrected chi connectivity index (χ1v) is 8.01. The number of hydrogen-bond acceptors (Lipinski definition) is 5. The number of amides is 1. The van der Waals surface area contributed by atoms with E-state index in [2.05, 4.69) is 29.4 Å². The standard InChI is InChI=1S/C17H14N2O3S/c1-9-6-10(2)14-13(7-9)23-17(18-14)19-16(20)11-4-3-5-12-15(11)22-8-21-12/h3-7H,8H2,1-2H3,(H,18,19,20). The van der Waals surface area contributed by atoms with Crippen molar-refractivity contribution in [3.8, 4) is 11.5 Å². The number of rotatable bonds is 2. The van der Waals surface area contributed by atoms with Gasteiger partial charge in [0.25, 0.3) is 5.91 Å². The molecule has 0 fully saturated rings. The highest BCUT2D eigenvalue weighted by molar-refractivity contribution is 7.22. The first kappa shape index (κ1) is 14.0. The Kier molecular flexibility index (Phi) is 3.20. The summed E-state index contributed by atoms with van der Waals surface area (Å²) in [5.74, 6) is 0.826. The van der Waals surface area contributed by atoms with Crippen LogP contribution in [0.3, 0.4) is 0 Å². The Hall–Kier alpha value is -2.60. The SMILES string of the molecule is Cc1cc(C)c2nc(NC(=O)c3cccc4c3OCO4)sc2c1. The highest BCUT2D eigenvalue weighted by atomic mass is 32.1. The molecule has 0 saturated carbocycles. The molecule has 0 atom stereocenters. The van der Waals surface area contributed by atoms with E-state index >= 15 is 0 Å². The summed E-state index contributed by atoms with van der Waals surface area (Å²) < 4.78 is 11.7. The van der Waals surface area contributed by atoms with Crippen molar-refractivity contribution >= 4 is 32.6 Å². The molecule has 1 amide bonds. The number of thiazole rings is 1. The van der Waals surface area contributed by atoms with E-state index in [1.54, 1.807) is 18.2 Å². The Morgan fingerprint density at radius 2 is 2.13 bits per heavy atom. The molecule has 1 aromatic heterocycles. The van der Waals surface area contributed by atoms with Gasteiger partial charge in [0.15, 0.2) is 16.6 Å². The van der Waals surface area contributed by atoms with E-state index < -0.39 is 0 Å². The van der Waals surface area contributed by atoms with Crippen LogP contribution in [0.1, 0.15) is 21.5 Å². The minimum absolute atomic E-state index is 0.138. The molecule has 23 heavy (non-hydrogen) atoms. The lowest BCUT2D eigenvalue weighted by Crippen LogP contribution is -2.12. The maximum absolute atomic E-state index is 12.5. The average Bonchev–Trinajstić information content (AvgIpc) is 3.12. The molecule has 2 aromatic carbocycles. The number of carbonyl (C=O) groups is 1. The summed E-state index contributed by atoms with van der Waals surface area (Å²) in [6, 6.07) is 9.43. The van der Waals surface area contributed by atoms with E-state index in [0.29, 0.717) is 22.2 Å². The molecule has 116 valence electrons. The number of hydrogen-bond donors (Lipinski definition) is 1. The van der Waals surface area contributed by atoms with Gasteiger partial charge in [0, 0.05) is 0 Å². The molecule has 4 rings (SSSR count). The maximum Gasteiger partial charge on any atom is 0.261 e. The maximum atomic E-state index is 12.5. The molecule has 0 bridgehead atoms. The number of aryl methyl sites for hydroxylation is 2. The molecule has 0 unspecified atom stereocenters. The Morgan fingerprint density at radius 3 is 3.00 bits per heavy atom. The number of aromatic nitrogens is 1. The number of nitrogens with zero attached hydrogens (tertiary/aromatic N) is 1. The summed E-state index contributed by atoms with van der Waals surface area (Å²) in [6.07, 6.45) is 0. The third-order valence-electron chi connectivity index (χ3n) is 3.69. The van der Waals surface area contributed by atoms with Crippen molar-refractivity contribution in [2.45, 2.75) is 13.8 Å². The molecule has 0 aliphatic carbocycles. The van der Waals surface area contributed by atoms with Crippen molar-refractivity contribution in [3.63, 3.8) is 0 Å². The zero-order valence-electron chi connectivity index (χ0n) is 12.7. The molecule has 0 spiro atoms. The number of benzene rings is 2. The summed E-state index contributed by atoms with van der Waals surface area (Å²) in [7, 11) is 0. The van der Waals surface area contributed by atoms with Gasteiger partial charge in [0.1, 0.15) is 0 Å². The molecule has 2 heterocycles. The van der Waals surface area contributed by atoms with E-state index in [1.807, 2.05) is 6.92 Å².